The van der Waals surface area contributed by atoms with Gasteiger partial charge in [-0.1, -0.05) is 91.0 Å². The SMILES string of the molecule is C[C@@H](COCC(F)(F)F)N[Si](c1ccccc1)(c1ccccc1)c1ccccc1. The topological polar surface area (TPSA) is 21.3 Å². The van der Waals surface area contributed by atoms with Gasteiger partial charge in [0.15, 0.2) is 0 Å². The summed E-state index contributed by atoms with van der Waals surface area (Å²) in [5, 5.41) is 3.42. The van der Waals surface area contributed by atoms with Crippen molar-refractivity contribution in [1.82, 2.24) is 4.98 Å². The van der Waals surface area contributed by atoms with Crippen molar-refractivity contribution in [3.63, 3.8) is 0 Å². The van der Waals surface area contributed by atoms with Crippen molar-refractivity contribution in [1.29, 1.82) is 0 Å². The van der Waals surface area contributed by atoms with E-state index in [1.807, 2.05) is 61.5 Å². The second kappa shape index (κ2) is 9.39. The van der Waals surface area contributed by atoms with Crippen LogP contribution in [0.5, 0.6) is 0 Å². The van der Waals surface area contributed by atoms with E-state index in [2.05, 4.69) is 41.4 Å². The fourth-order valence-corrected chi connectivity index (χ4v) is 7.98. The molecule has 0 saturated carbocycles. The molecule has 29 heavy (non-hydrogen) atoms. The normalized spacial score (nSPS) is 13.2. The first kappa shape index (κ1) is 21.3. The molecule has 152 valence electrons. The maximum absolute atomic E-state index is 12.5. The molecule has 0 spiro atoms. The second-order valence-electron chi connectivity index (χ2n) is 7.02. The number of halogens is 3. The fourth-order valence-electron chi connectivity index (χ4n) is 3.58. The van der Waals surface area contributed by atoms with Crippen LogP contribution >= 0.6 is 0 Å². The Hall–Kier alpha value is -2.41. The fraction of sp³-hybridized carbons (Fsp3) is 0.217. The summed E-state index contributed by atoms with van der Waals surface area (Å²) >= 11 is 0. The lowest BCUT2D eigenvalue weighted by molar-refractivity contribution is -0.174. The van der Waals surface area contributed by atoms with Crippen molar-refractivity contribution in [2.45, 2.75) is 19.1 Å². The van der Waals surface area contributed by atoms with Crippen LogP contribution in [0.2, 0.25) is 0 Å². The van der Waals surface area contributed by atoms with Crippen LogP contribution in [-0.4, -0.2) is 33.7 Å². The molecule has 1 N–H and O–H groups in total. The van der Waals surface area contributed by atoms with Crippen LogP contribution < -0.4 is 20.5 Å². The summed E-state index contributed by atoms with van der Waals surface area (Å²) in [4.78, 5) is 3.71. The van der Waals surface area contributed by atoms with E-state index in [4.69, 9.17) is 4.74 Å². The molecule has 1 atom stereocenters. The van der Waals surface area contributed by atoms with Gasteiger partial charge in [0, 0.05) is 6.04 Å². The van der Waals surface area contributed by atoms with Gasteiger partial charge in [-0.15, -0.1) is 0 Å². The molecule has 3 aromatic carbocycles. The first-order valence-electron chi connectivity index (χ1n) is 9.50. The summed E-state index contributed by atoms with van der Waals surface area (Å²) in [7, 11) is -2.69. The summed E-state index contributed by atoms with van der Waals surface area (Å²) in [5.41, 5.74) is 0. The number of hydrogen-bond acceptors (Lipinski definition) is 2. The van der Waals surface area contributed by atoms with E-state index in [1.165, 1.54) is 0 Å². The molecule has 2 nitrogen and oxygen atoms in total. The molecule has 6 heteroatoms. The molecule has 0 fully saturated rings. The molecule has 0 unspecified atom stereocenters. The molecule has 0 aliphatic rings. The summed E-state index contributed by atoms with van der Waals surface area (Å²) in [6, 6.07) is 30.1. The minimum Gasteiger partial charge on any atom is -0.370 e. The highest BCUT2D eigenvalue weighted by Crippen LogP contribution is 2.14. The Labute approximate surface area is 170 Å². The third-order valence-corrected chi connectivity index (χ3v) is 9.24. The van der Waals surface area contributed by atoms with Gasteiger partial charge in [-0.2, -0.15) is 13.2 Å². The number of ether oxygens (including phenoxy) is 1. The van der Waals surface area contributed by atoms with Gasteiger partial charge in [-0.05, 0) is 22.5 Å². The van der Waals surface area contributed by atoms with Gasteiger partial charge in [0.1, 0.15) is 6.61 Å². The highest BCUT2D eigenvalue weighted by Gasteiger charge is 2.41. The Balaban J connectivity index is 2.03. The van der Waals surface area contributed by atoms with Crippen LogP contribution in [0.4, 0.5) is 13.2 Å². The van der Waals surface area contributed by atoms with Gasteiger partial charge < -0.3 is 9.72 Å². The zero-order valence-corrected chi connectivity index (χ0v) is 17.2. The molecular formula is C23H24F3NOSi. The number of nitrogens with one attached hydrogen (secondary N) is 1. The van der Waals surface area contributed by atoms with E-state index in [0.29, 0.717) is 0 Å². The zero-order valence-electron chi connectivity index (χ0n) is 16.2. The maximum atomic E-state index is 12.5. The van der Waals surface area contributed by atoms with Crippen LogP contribution in [0.1, 0.15) is 6.92 Å². The molecular weight excluding hydrogens is 391 g/mol. The molecule has 0 saturated heterocycles. The summed E-state index contributed by atoms with van der Waals surface area (Å²) < 4.78 is 42.5. The van der Waals surface area contributed by atoms with Crippen LogP contribution in [-0.2, 0) is 4.74 Å². The van der Waals surface area contributed by atoms with E-state index >= 15 is 0 Å². The average molecular weight is 416 g/mol. The third-order valence-electron chi connectivity index (χ3n) is 4.72. The molecule has 0 amide bonds. The quantitative estimate of drug-likeness (QED) is 0.451. The van der Waals surface area contributed by atoms with Crippen LogP contribution in [0.15, 0.2) is 91.0 Å². The minimum absolute atomic E-state index is 0.0270. The van der Waals surface area contributed by atoms with Crippen molar-refractivity contribution in [3.8, 4) is 0 Å². The summed E-state index contributed by atoms with van der Waals surface area (Å²) in [5.74, 6) is 0. The highest BCUT2D eigenvalue weighted by molar-refractivity contribution is 7.09. The van der Waals surface area contributed by atoms with Crippen LogP contribution in [0.25, 0.3) is 0 Å². The monoisotopic (exact) mass is 415 g/mol. The highest BCUT2D eigenvalue weighted by atomic mass is 28.3. The summed E-state index contributed by atoms with van der Waals surface area (Å²) in [6.07, 6.45) is -4.33. The molecule has 0 heterocycles. The maximum Gasteiger partial charge on any atom is 0.411 e. The molecule has 0 bridgehead atoms. The molecule has 3 aromatic rings. The lowest BCUT2D eigenvalue weighted by Crippen LogP contribution is -2.78. The Morgan fingerprint density at radius 2 is 1.14 bits per heavy atom. The molecule has 0 aliphatic carbocycles. The van der Waals surface area contributed by atoms with Gasteiger partial charge in [0.2, 0.25) is 8.24 Å². The van der Waals surface area contributed by atoms with Crippen LogP contribution in [0, 0.1) is 0 Å². The molecule has 3 rings (SSSR count). The number of alkyl halides is 3. The third kappa shape index (κ3) is 5.35. The Morgan fingerprint density at radius 3 is 1.48 bits per heavy atom. The van der Waals surface area contributed by atoms with E-state index in [1.54, 1.807) is 0 Å². The molecule has 0 aromatic heterocycles. The first-order valence-corrected chi connectivity index (χ1v) is 11.5. The first-order chi connectivity index (χ1) is 13.9. The lowest BCUT2D eigenvalue weighted by Gasteiger charge is -2.37. The number of benzene rings is 3. The lowest BCUT2D eigenvalue weighted by atomic mass is 10.3. The van der Waals surface area contributed by atoms with Gasteiger partial charge in [0.05, 0.1) is 6.61 Å². The standard InChI is InChI=1S/C23H24F3NOSi/c1-19(17-28-18-23(24,25)26)27-29(20-11-5-2-6-12-20,21-13-7-3-8-14-21)22-15-9-4-10-16-22/h2-16,19,27H,17-18H2,1H3/t19-/m0/s1. The zero-order chi connectivity index (χ0) is 20.7. The van der Waals surface area contributed by atoms with E-state index < -0.39 is 21.0 Å². The minimum atomic E-state index is -4.33. The Kier molecular flexibility index (Phi) is 6.90. The Morgan fingerprint density at radius 1 is 0.759 bits per heavy atom. The van der Waals surface area contributed by atoms with E-state index in [9.17, 15) is 13.2 Å². The van der Waals surface area contributed by atoms with Gasteiger partial charge >= 0.3 is 6.18 Å². The predicted molar refractivity (Wildman–Crippen MR) is 113 cm³/mol. The van der Waals surface area contributed by atoms with Crippen molar-refractivity contribution in [3.05, 3.63) is 91.0 Å². The molecule has 0 aliphatic heterocycles. The van der Waals surface area contributed by atoms with Crippen molar-refractivity contribution < 1.29 is 17.9 Å². The molecule has 0 radical (unpaired) electrons. The smallest absolute Gasteiger partial charge is 0.370 e. The Bertz CT molecular complexity index is 776. The van der Waals surface area contributed by atoms with Gasteiger partial charge in [0.25, 0.3) is 0 Å². The largest absolute Gasteiger partial charge is 0.411 e. The average Bonchev–Trinajstić information content (AvgIpc) is 2.73. The van der Waals surface area contributed by atoms with E-state index in [-0.39, 0.29) is 12.6 Å². The number of hydrogen-bond donors (Lipinski definition) is 1. The van der Waals surface area contributed by atoms with Crippen molar-refractivity contribution in [2.75, 3.05) is 13.2 Å². The van der Waals surface area contributed by atoms with Gasteiger partial charge in [-0.25, -0.2) is 0 Å². The van der Waals surface area contributed by atoms with E-state index in [0.717, 1.165) is 15.6 Å². The number of rotatable bonds is 8. The summed E-state index contributed by atoms with van der Waals surface area (Å²) in [6.45, 7) is 0.600. The predicted octanol–water partition coefficient (Wildman–Crippen LogP) is 3.21. The van der Waals surface area contributed by atoms with Gasteiger partial charge in [-0.3, -0.25) is 0 Å². The van der Waals surface area contributed by atoms with Crippen LogP contribution in [0.3, 0.4) is 0 Å². The van der Waals surface area contributed by atoms with Crippen molar-refractivity contribution >= 4 is 23.8 Å². The van der Waals surface area contributed by atoms with Crippen molar-refractivity contribution in [2.24, 2.45) is 0 Å². The second-order valence-corrected chi connectivity index (χ2v) is 10.5.